The highest BCUT2D eigenvalue weighted by molar-refractivity contribution is 7.91. The smallest absolute Gasteiger partial charge is 0.257 e. The van der Waals surface area contributed by atoms with Gasteiger partial charge in [0.15, 0.2) is 9.84 Å². The molecule has 7 heteroatoms. The molecule has 0 saturated carbocycles. The zero-order valence-electron chi connectivity index (χ0n) is 10.7. The Labute approximate surface area is 106 Å². The molecule has 0 aromatic carbocycles. The zero-order valence-corrected chi connectivity index (χ0v) is 11.5. The number of rotatable bonds is 1. The summed E-state index contributed by atoms with van der Waals surface area (Å²) in [5.41, 5.74) is 1.93. The first-order chi connectivity index (χ1) is 8.32. The van der Waals surface area contributed by atoms with Crippen molar-refractivity contribution in [3.05, 3.63) is 17.0 Å². The molecule has 0 spiro atoms. The van der Waals surface area contributed by atoms with Crippen LogP contribution < -0.4 is 0 Å². The second-order valence-corrected chi connectivity index (χ2v) is 7.00. The molecule has 1 aliphatic heterocycles. The maximum atomic E-state index is 12.4. The molecule has 1 aromatic heterocycles. The number of aromatic nitrogens is 2. The number of hydrogen-bond acceptors (Lipinski definition) is 4. The van der Waals surface area contributed by atoms with E-state index in [4.69, 9.17) is 0 Å². The standard InChI is InChI=1S/C11H17N3O3S/c1-7-6-18(16,17)5-4-14(7)11(15)10-8(2)12-13-9(10)3/h7H,4-6H2,1-3H3,(H,12,13). The molecule has 1 N–H and O–H groups in total. The Hall–Kier alpha value is -1.37. The van der Waals surface area contributed by atoms with Gasteiger partial charge in [0.05, 0.1) is 22.8 Å². The van der Waals surface area contributed by atoms with E-state index in [2.05, 4.69) is 10.2 Å². The van der Waals surface area contributed by atoms with E-state index in [-0.39, 0.29) is 30.0 Å². The summed E-state index contributed by atoms with van der Waals surface area (Å²) in [4.78, 5) is 14.0. The van der Waals surface area contributed by atoms with E-state index in [0.29, 0.717) is 11.3 Å². The van der Waals surface area contributed by atoms with E-state index in [0.717, 1.165) is 5.69 Å². The van der Waals surface area contributed by atoms with Crippen LogP contribution in [0.5, 0.6) is 0 Å². The van der Waals surface area contributed by atoms with E-state index >= 15 is 0 Å². The largest absolute Gasteiger partial charge is 0.334 e. The Balaban J connectivity index is 2.26. The zero-order chi connectivity index (χ0) is 13.5. The van der Waals surface area contributed by atoms with Crippen molar-refractivity contribution in [1.29, 1.82) is 0 Å². The van der Waals surface area contributed by atoms with Crippen LogP contribution in [0, 0.1) is 13.8 Å². The van der Waals surface area contributed by atoms with Crippen molar-refractivity contribution in [2.75, 3.05) is 18.1 Å². The average Bonchev–Trinajstić information content (AvgIpc) is 2.56. The summed E-state index contributed by atoms with van der Waals surface area (Å²) < 4.78 is 23.0. The molecule has 1 fully saturated rings. The van der Waals surface area contributed by atoms with Crippen LogP contribution >= 0.6 is 0 Å². The predicted octanol–water partition coefficient (Wildman–Crippen LogP) is 0.286. The summed E-state index contributed by atoms with van der Waals surface area (Å²) in [6.07, 6.45) is 0. The number of nitrogens with one attached hydrogen (secondary N) is 1. The average molecular weight is 271 g/mol. The Morgan fingerprint density at radius 3 is 2.61 bits per heavy atom. The highest BCUT2D eigenvalue weighted by Gasteiger charge is 2.33. The Kier molecular flexibility index (Phi) is 3.18. The van der Waals surface area contributed by atoms with Crippen molar-refractivity contribution in [2.24, 2.45) is 0 Å². The van der Waals surface area contributed by atoms with Gasteiger partial charge in [0.2, 0.25) is 0 Å². The van der Waals surface area contributed by atoms with Gasteiger partial charge in [0.1, 0.15) is 0 Å². The van der Waals surface area contributed by atoms with E-state index in [1.54, 1.807) is 25.7 Å². The highest BCUT2D eigenvalue weighted by atomic mass is 32.2. The molecule has 1 aliphatic rings. The molecule has 100 valence electrons. The second kappa shape index (κ2) is 4.38. The fourth-order valence-electron chi connectivity index (χ4n) is 2.31. The lowest BCUT2D eigenvalue weighted by molar-refractivity contribution is 0.0711. The van der Waals surface area contributed by atoms with Gasteiger partial charge in [-0.25, -0.2) is 8.42 Å². The lowest BCUT2D eigenvalue weighted by atomic mass is 10.1. The minimum absolute atomic E-state index is 0.0364. The highest BCUT2D eigenvalue weighted by Crippen LogP contribution is 2.18. The number of hydrogen-bond donors (Lipinski definition) is 1. The molecule has 0 aliphatic carbocycles. The van der Waals surface area contributed by atoms with Gasteiger partial charge in [-0.1, -0.05) is 0 Å². The molecular weight excluding hydrogens is 254 g/mol. The molecule has 6 nitrogen and oxygen atoms in total. The van der Waals surface area contributed by atoms with E-state index in [9.17, 15) is 13.2 Å². The maximum absolute atomic E-state index is 12.4. The van der Waals surface area contributed by atoms with Crippen molar-refractivity contribution in [1.82, 2.24) is 15.1 Å². The predicted molar refractivity (Wildman–Crippen MR) is 67.2 cm³/mol. The first-order valence-electron chi connectivity index (χ1n) is 5.85. The van der Waals surface area contributed by atoms with Gasteiger partial charge < -0.3 is 4.90 Å². The summed E-state index contributed by atoms with van der Waals surface area (Å²) in [7, 11) is -3.00. The number of carbonyl (C=O) groups is 1. The monoisotopic (exact) mass is 271 g/mol. The van der Waals surface area contributed by atoms with Crippen LogP contribution in [0.1, 0.15) is 28.7 Å². The number of aromatic amines is 1. The number of nitrogens with zero attached hydrogens (tertiary/aromatic N) is 2. The molecular formula is C11H17N3O3S. The second-order valence-electron chi connectivity index (χ2n) is 4.77. The quantitative estimate of drug-likeness (QED) is 0.795. The molecule has 18 heavy (non-hydrogen) atoms. The Morgan fingerprint density at radius 1 is 1.44 bits per heavy atom. The van der Waals surface area contributed by atoms with Crippen molar-refractivity contribution in [2.45, 2.75) is 26.8 Å². The van der Waals surface area contributed by atoms with E-state index in [1.165, 1.54) is 0 Å². The number of carbonyl (C=O) groups excluding carboxylic acids is 1. The van der Waals surface area contributed by atoms with Gasteiger partial charge in [0.25, 0.3) is 5.91 Å². The number of aryl methyl sites for hydroxylation is 2. The van der Waals surface area contributed by atoms with Crippen LogP contribution in [0.25, 0.3) is 0 Å². The van der Waals surface area contributed by atoms with Gasteiger partial charge in [-0.05, 0) is 20.8 Å². The lowest BCUT2D eigenvalue weighted by Crippen LogP contribution is -2.49. The van der Waals surface area contributed by atoms with Crippen LogP contribution in [0.4, 0.5) is 0 Å². The maximum Gasteiger partial charge on any atom is 0.257 e. The number of amides is 1. The minimum Gasteiger partial charge on any atom is -0.334 e. The molecule has 1 saturated heterocycles. The van der Waals surface area contributed by atoms with Gasteiger partial charge in [-0.15, -0.1) is 0 Å². The molecule has 1 unspecified atom stereocenters. The third-order valence-corrected chi connectivity index (χ3v) is 5.07. The third-order valence-electron chi connectivity index (χ3n) is 3.27. The van der Waals surface area contributed by atoms with Crippen LogP contribution in [0.15, 0.2) is 0 Å². The summed E-state index contributed by atoms with van der Waals surface area (Å²) >= 11 is 0. The molecule has 2 rings (SSSR count). The first kappa shape index (κ1) is 13.1. The fourth-order valence-corrected chi connectivity index (χ4v) is 3.87. The topological polar surface area (TPSA) is 83.1 Å². The SMILES string of the molecule is Cc1n[nH]c(C)c1C(=O)N1CCS(=O)(=O)CC1C. The van der Waals surface area contributed by atoms with Crippen LogP contribution in [0.3, 0.4) is 0 Å². The van der Waals surface area contributed by atoms with Gasteiger partial charge in [0, 0.05) is 18.3 Å². The summed E-state index contributed by atoms with van der Waals surface area (Å²) in [5, 5.41) is 6.77. The van der Waals surface area contributed by atoms with Crippen LogP contribution in [-0.4, -0.2) is 53.5 Å². The van der Waals surface area contributed by atoms with Crippen molar-refractivity contribution >= 4 is 15.7 Å². The van der Waals surface area contributed by atoms with Crippen molar-refractivity contribution < 1.29 is 13.2 Å². The van der Waals surface area contributed by atoms with E-state index in [1.807, 2.05) is 0 Å². The number of H-pyrrole nitrogens is 1. The van der Waals surface area contributed by atoms with Crippen molar-refractivity contribution in [3.63, 3.8) is 0 Å². The fraction of sp³-hybridized carbons (Fsp3) is 0.636. The molecule has 1 aromatic rings. The van der Waals surface area contributed by atoms with Crippen molar-refractivity contribution in [3.8, 4) is 0 Å². The summed E-state index contributed by atoms with van der Waals surface area (Å²) in [6, 6.07) is -0.287. The Morgan fingerprint density at radius 2 is 2.11 bits per heavy atom. The van der Waals surface area contributed by atoms with Gasteiger partial charge in [-0.3, -0.25) is 9.89 Å². The molecule has 1 atom stereocenters. The van der Waals surface area contributed by atoms with E-state index < -0.39 is 9.84 Å². The van der Waals surface area contributed by atoms with Gasteiger partial charge >= 0.3 is 0 Å². The molecule has 0 radical (unpaired) electrons. The third kappa shape index (κ3) is 2.27. The molecule has 2 heterocycles. The summed E-state index contributed by atoms with van der Waals surface area (Å²) in [6.45, 7) is 5.58. The normalized spacial score (nSPS) is 23.1. The Bertz CT molecular complexity index is 557. The first-order valence-corrected chi connectivity index (χ1v) is 7.67. The minimum atomic E-state index is -3.00. The van der Waals surface area contributed by atoms with Crippen LogP contribution in [-0.2, 0) is 9.84 Å². The molecule has 1 amide bonds. The van der Waals surface area contributed by atoms with Crippen LogP contribution in [0.2, 0.25) is 0 Å². The molecule has 0 bridgehead atoms. The summed E-state index contributed by atoms with van der Waals surface area (Å²) in [5.74, 6) is -0.0607. The van der Waals surface area contributed by atoms with Gasteiger partial charge in [-0.2, -0.15) is 5.10 Å². The number of sulfone groups is 1. The lowest BCUT2D eigenvalue weighted by Gasteiger charge is -2.33.